The molecule has 1 amide bonds. The molecule has 0 bridgehead atoms. The van der Waals surface area contributed by atoms with E-state index in [9.17, 15) is 4.79 Å². The highest BCUT2D eigenvalue weighted by Crippen LogP contribution is 2.29. The Morgan fingerprint density at radius 1 is 1.43 bits per heavy atom. The van der Waals surface area contributed by atoms with E-state index in [0.717, 1.165) is 49.0 Å². The first kappa shape index (κ1) is 16.4. The number of carbonyl (C=O) groups excluding carboxylic acids is 1. The number of piperidine rings is 1. The summed E-state index contributed by atoms with van der Waals surface area (Å²) in [5.74, 6) is 0.930. The normalized spacial score (nSPS) is 17.2. The maximum Gasteiger partial charge on any atom is 0.265 e. The Labute approximate surface area is 132 Å². The smallest absolute Gasteiger partial charge is 0.265 e. The molecule has 0 unspecified atom stereocenters. The largest absolute Gasteiger partial charge is 0.338 e. The van der Waals surface area contributed by atoms with Crippen molar-refractivity contribution in [3.05, 3.63) is 16.1 Å². The van der Waals surface area contributed by atoms with E-state index in [1.807, 2.05) is 11.9 Å². The summed E-state index contributed by atoms with van der Waals surface area (Å²) >= 11 is 1.48. The van der Waals surface area contributed by atoms with Gasteiger partial charge in [0.2, 0.25) is 0 Å². The van der Waals surface area contributed by atoms with Gasteiger partial charge in [0, 0.05) is 18.5 Å². The van der Waals surface area contributed by atoms with E-state index >= 15 is 0 Å². The Bertz CT molecular complexity index is 470. The number of carbonyl (C=O) groups is 1. The minimum atomic E-state index is -0.0733. The number of aromatic nitrogens is 1. The molecule has 0 aromatic carbocycles. The number of amides is 1. The average molecular weight is 309 g/mol. The number of likely N-dealkylation sites (tertiary alicyclic amines) is 1. The molecular formula is C16H27N3OS. The Balaban J connectivity index is 1.98. The van der Waals surface area contributed by atoms with Gasteiger partial charge in [-0.1, -0.05) is 20.8 Å². The molecule has 0 aliphatic carbocycles. The van der Waals surface area contributed by atoms with Crippen molar-refractivity contribution in [1.82, 2.24) is 15.2 Å². The molecule has 1 aliphatic rings. The van der Waals surface area contributed by atoms with Gasteiger partial charge in [0.1, 0.15) is 4.88 Å². The lowest BCUT2D eigenvalue weighted by atomic mass is 9.90. The van der Waals surface area contributed by atoms with Gasteiger partial charge in [0.15, 0.2) is 0 Å². The van der Waals surface area contributed by atoms with Crippen molar-refractivity contribution in [3.8, 4) is 0 Å². The number of hydrogen-bond acceptors (Lipinski definition) is 4. The van der Waals surface area contributed by atoms with Crippen LogP contribution in [0, 0.1) is 5.92 Å². The summed E-state index contributed by atoms with van der Waals surface area (Å²) in [6.07, 6.45) is 3.46. The van der Waals surface area contributed by atoms with Gasteiger partial charge in [0.25, 0.3) is 5.91 Å². The van der Waals surface area contributed by atoms with Crippen molar-refractivity contribution < 1.29 is 4.79 Å². The van der Waals surface area contributed by atoms with Crippen molar-refractivity contribution in [1.29, 1.82) is 0 Å². The minimum Gasteiger partial charge on any atom is -0.338 e. The molecule has 1 aliphatic heterocycles. The first-order valence-corrected chi connectivity index (χ1v) is 8.69. The first-order chi connectivity index (χ1) is 9.93. The molecule has 4 nitrogen and oxygen atoms in total. The van der Waals surface area contributed by atoms with Gasteiger partial charge in [-0.25, -0.2) is 4.98 Å². The van der Waals surface area contributed by atoms with Gasteiger partial charge in [-0.15, -0.1) is 11.3 Å². The second-order valence-electron chi connectivity index (χ2n) is 6.91. The summed E-state index contributed by atoms with van der Waals surface area (Å²) < 4.78 is 0. The van der Waals surface area contributed by atoms with Crippen LogP contribution in [0.25, 0.3) is 0 Å². The molecule has 2 rings (SSSR count). The zero-order valence-electron chi connectivity index (χ0n) is 13.6. The van der Waals surface area contributed by atoms with Crippen LogP contribution in [-0.2, 0) is 5.41 Å². The van der Waals surface area contributed by atoms with Crippen molar-refractivity contribution in [2.75, 3.05) is 26.7 Å². The van der Waals surface area contributed by atoms with E-state index < -0.39 is 0 Å². The molecule has 1 saturated heterocycles. The van der Waals surface area contributed by atoms with Crippen LogP contribution in [0.4, 0.5) is 0 Å². The number of thiazole rings is 1. The standard InChI is InChI=1S/C16H27N3OS/c1-16(2,3)14-13(21-11-18-14)15(20)19-9-6-12(7-10-19)5-8-17-4/h11-12,17H,5-10H2,1-4H3. The molecule has 2 heterocycles. The Kier molecular flexibility index (Phi) is 5.38. The predicted octanol–water partition coefficient (Wildman–Crippen LogP) is 2.90. The van der Waals surface area contributed by atoms with E-state index in [0.29, 0.717) is 0 Å². The summed E-state index contributed by atoms with van der Waals surface area (Å²) in [5.41, 5.74) is 2.67. The van der Waals surface area contributed by atoms with Gasteiger partial charge >= 0.3 is 0 Å². The number of rotatable bonds is 4. The molecule has 118 valence electrons. The molecular weight excluding hydrogens is 282 g/mol. The lowest BCUT2D eigenvalue weighted by Crippen LogP contribution is -2.39. The highest BCUT2D eigenvalue weighted by Gasteiger charge is 2.29. The molecule has 1 N–H and O–H groups in total. The third-order valence-electron chi connectivity index (χ3n) is 4.18. The summed E-state index contributed by atoms with van der Waals surface area (Å²) in [7, 11) is 2.00. The number of nitrogens with zero attached hydrogens (tertiary/aromatic N) is 2. The highest BCUT2D eigenvalue weighted by molar-refractivity contribution is 7.11. The lowest BCUT2D eigenvalue weighted by Gasteiger charge is -2.32. The van der Waals surface area contributed by atoms with Crippen LogP contribution >= 0.6 is 11.3 Å². The van der Waals surface area contributed by atoms with Crippen LogP contribution in [-0.4, -0.2) is 42.5 Å². The summed E-state index contributed by atoms with van der Waals surface area (Å²) in [4.78, 5) is 20.0. The fourth-order valence-corrected chi connectivity index (χ4v) is 3.81. The monoisotopic (exact) mass is 309 g/mol. The van der Waals surface area contributed by atoms with Crippen LogP contribution in [0.1, 0.15) is 55.4 Å². The molecule has 0 radical (unpaired) electrons. The fraction of sp³-hybridized carbons (Fsp3) is 0.750. The van der Waals surface area contributed by atoms with Gasteiger partial charge in [-0.05, 0) is 38.8 Å². The molecule has 0 spiro atoms. The van der Waals surface area contributed by atoms with E-state index in [1.165, 1.54) is 17.8 Å². The summed E-state index contributed by atoms with van der Waals surface area (Å²) in [6, 6.07) is 0. The van der Waals surface area contributed by atoms with E-state index in [1.54, 1.807) is 5.51 Å². The minimum absolute atomic E-state index is 0.0733. The van der Waals surface area contributed by atoms with Gasteiger partial charge in [-0.2, -0.15) is 0 Å². The maximum atomic E-state index is 12.7. The SMILES string of the molecule is CNCCC1CCN(C(=O)c2scnc2C(C)(C)C)CC1. The van der Waals surface area contributed by atoms with Gasteiger partial charge < -0.3 is 10.2 Å². The van der Waals surface area contributed by atoms with Crippen LogP contribution in [0.15, 0.2) is 5.51 Å². The Morgan fingerprint density at radius 2 is 2.10 bits per heavy atom. The molecule has 0 atom stereocenters. The first-order valence-electron chi connectivity index (χ1n) is 7.81. The molecule has 1 aromatic rings. The van der Waals surface area contributed by atoms with Crippen molar-refractivity contribution in [2.24, 2.45) is 5.92 Å². The van der Waals surface area contributed by atoms with Crippen molar-refractivity contribution in [3.63, 3.8) is 0 Å². The molecule has 5 heteroatoms. The quantitative estimate of drug-likeness (QED) is 0.930. The fourth-order valence-electron chi connectivity index (χ4n) is 2.85. The van der Waals surface area contributed by atoms with E-state index in [-0.39, 0.29) is 11.3 Å². The van der Waals surface area contributed by atoms with Crippen molar-refractivity contribution in [2.45, 2.75) is 45.4 Å². The van der Waals surface area contributed by atoms with E-state index in [2.05, 4.69) is 31.1 Å². The van der Waals surface area contributed by atoms with Crippen LogP contribution in [0.2, 0.25) is 0 Å². The number of hydrogen-bond donors (Lipinski definition) is 1. The maximum absolute atomic E-state index is 12.7. The lowest BCUT2D eigenvalue weighted by molar-refractivity contribution is 0.0689. The molecule has 1 fully saturated rings. The highest BCUT2D eigenvalue weighted by atomic mass is 32.1. The zero-order valence-corrected chi connectivity index (χ0v) is 14.4. The number of nitrogens with one attached hydrogen (secondary N) is 1. The van der Waals surface area contributed by atoms with E-state index in [4.69, 9.17) is 0 Å². The third-order valence-corrected chi connectivity index (χ3v) is 4.99. The summed E-state index contributed by atoms with van der Waals surface area (Å²) in [6.45, 7) is 9.18. The molecule has 1 aromatic heterocycles. The molecule has 21 heavy (non-hydrogen) atoms. The topological polar surface area (TPSA) is 45.2 Å². The second-order valence-corrected chi connectivity index (χ2v) is 7.76. The van der Waals surface area contributed by atoms with Gasteiger partial charge in [0.05, 0.1) is 11.2 Å². The zero-order chi connectivity index (χ0) is 15.5. The van der Waals surface area contributed by atoms with Crippen LogP contribution in [0.5, 0.6) is 0 Å². The average Bonchev–Trinajstić information content (AvgIpc) is 2.94. The Hall–Kier alpha value is -0.940. The molecule has 0 saturated carbocycles. The van der Waals surface area contributed by atoms with Crippen LogP contribution in [0.3, 0.4) is 0 Å². The van der Waals surface area contributed by atoms with Gasteiger partial charge in [-0.3, -0.25) is 4.79 Å². The van der Waals surface area contributed by atoms with Crippen LogP contribution < -0.4 is 5.32 Å². The third kappa shape index (κ3) is 4.04. The Morgan fingerprint density at radius 3 is 2.67 bits per heavy atom. The summed E-state index contributed by atoms with van der Waals surface area (Å²) in [5, 5.41) is 3.21. The van der Waals surface area contributed by atoms with Crippen molar-refractivity contribution >= 4 is 17.2 Å². The second kappa shape index (κ2) is 6.88. The predicted molar refractivity (Wildman–Crippen MR) is 88.0 cm³/mol.